The fraction of sp³-hybridized carbons (Fsp3) is 0.571. The van der Waals surface area contributed by atoms with Gasteiger partial charge in [0.2, 0.25) is 10.0 Å². The van der Waals surface area contributed by atoms with Gasteiger partial charge in [-0.3, -0.25) is 0 Å². The summed E-state index contributed by atoms with van der Waals surface area (Å²) in [4.78, 5) is 0.0534. The molecule has 0 heterocycles. The van der Waals surface area contributed by atoms with Gasteiger partial charge in [-0.15, -0.1) is 0 Å². The number of nitrogens with one attached hydrogen (secondary N) is 1. The molecule has 6 heteroatoms. The Morgan fingerprint density at radius 2 is 2.00 bits per heavy atom. The lowest BCUT2D eigenvalue weighted by atomic mass is 9.93. The number of benzene rings is 1. The first-order valence-electron chi connectivity index (χ1n) is 7.01. The largest absolute Gasteiger partial charge is 0.399 e. The summed E-state index contributed by atoms with van der Waals surface area (Å²) in [5, 5.41) is 8.57. The molecular weight excluding hydrogens is 274 g/mol. The zero-order chi connectivity index (χ0) is 14.9. The fourth-order valence-electron chi connectivity index (χ4n) is 3.11. The second-order valence-corrected chi connectivity index (χ2v) is 7.25. The molecule has 1 aliphatic carbocycles. The standard InChI is InChI=1S/C14H23N3O2S/c1-3-10-4-5-14(9(10)2)17-12-6-11(15)7-13(8-12)20(16,18)19/h6-10,14,17H,3-5,15H2,1-2H3,(H2,16,18,19). The third-order valence-electron chi connectivity index (χ3n) is 4.36. The lowest BCUT2D eigenvalue weighted by Crippen LogP contribution is -2.25. The lowest BCUT2D eigenvalue weighted by Gasteiger charge is -2.22. The van der Waals surface area contributed by atoms with Crippen LogP contribution in [0.3, 0.4) is 0 Å². The quantitative estimate of drug-likeness (QED) is 0.742. The topological polar surface area (TPSA) is 98.2 Å². The van der Waals surface area contributed by atoms with Gasteiger partial charge in [0.25, 0.3) is 0 Å². The van der Waals surface area contributed by atoms with Gasteiger partial charge < -0.3 is 11.1 Å². The molecule has 3 atom stereocenters. The highest BCUT2D eigenvalue weighted by molar-refractivity contribution is 7.89. The van der Waals surface area contributed by atoms with Crippen molar-refractivity contribution in [3.8, 4) is 0 Å². The van der Waals surface area contributed by atoms with Crippen LogP contribution >= 0.6 is 0 Å². The van der Waals surface area contributed by atoms with Gasteiger partial charge in [-0.1, -0.05) is 20.3 Å². The van der Waals surface area contributed by atoms with Gasteiger partial charge in [-0.2, -0.15) is 0 Å². The van der Waals surface area contributed by atoms with Crippen molar-refractivity contribution in [2.24, 2.45) is 17.0 Å². The molecule has 0 aromatic heterocycles. The Morgan fingerprint density at radius 1 is 1.30 bits per heavy atom. The number of hydrogen-bond acceptors (Lipinski definition) is 4. The normalized spacial score (nSPS) is 26.6. The third kappa shape index (κ3) is 3.24. The lowest BCUT2D eigenvalue weighted by molar-refractivity contribution is 0.392. The Morgan fingerprint density at radius 3 is 2.55 bits per heavy atom. The Hall–Kier alpha value is -1.27. The van der Waals surface area contributed by atoms with Gasteiger partial charge in [-0.25, -0.2) is 13.6 Å². The van der Waals surface area contributed by atoms with Crippen LogP contribution in [-0.2, 0) is 10.0 Å². The Bertz CT molecular complexity index is 586. The zero-order valence-corrected chi connectivity index (χ0v) is 12.8. The van der Waals surface area contributed by atoms with Crippen molar-refractivity contribution in [3.05, 3.63) is 18.2 Å². The summed E-state index contributed by atoms with van der Waals surface area (Å²) in [6.07, 6.45) is 3.48. The van der Waals surface area contributed by atoms with E-state index in [-0.39, 0.29) is 4.90 Å². The van der Waals surface area contributed by atoms with Crippen LogP contribution in [0.15, 0.2) is 23.1 Å². The Balaban J connectivity index is 2.20. The van der Waals surface area contributed by atoms with Crippen molar-refractivity contribution in [2.75, 3.05) is 11.1 Å². The smallest absolute Gasteiger partial charge is 0.238 e. The summed E-state index contributed by atoms with van der Waals surface area (Å²) in [5.41, 5.74) is 6.88. The Kier molecular flexibility index (Phi) is 4.25. The van der Waals surface area contributed by atoms with E-state index in [4.69, 9.17) is 10.9 Å². The molecule has 5 nitrogen and oxygen atoms in total. The number of rotatable bonds is 4. The molecule has 1 aromatic rings. The molecule has 20 heavy (non-hydrogen) atoms. The van der Waals surface area contributed by atoms with Gasteiger partial charge in [0.15, 0.2) is 0 Å². The molecule has 2 rings (SSSR count). The highest BCUT2D eigenvalue weighted by atomic mass is 32.2. The van der Waals surface area contributed by atoms with Crippen LogP contribution in [0.4, 0.5) is 11.4 Å². The van der Waals surface area contributed by atoms with Gasteiger partial charge in [0.1, 0.15) is 0 Å². The monoisotopic (exact) mass is 297 g/mol. The molecule has 5 N–H and O–H groups in total. The second-order valence-electron chi connectivity index (χ2n) is 5.69. The van der Waals surface area contributed by atoms with Gasteiger partial charge >= 0.3 is 0 Å². The average Bonchev–Trinajstić information content (AvgIpc) is 2.69. The van der Waals surface area contributed by atoms with Crippen molar-refractivity contribution in [1.29, 1.82) is 0 Å². The number of sulfonamides is 1. The molecule has 0 bridgehead atoms. The first-order chi connectivity index (χ1) is 9.31. The highest BCUT2D eigenvalue weighted by Crippen LogP contribution is 2.36. The molecule has 1 aromatic carbocycles. The zero-order valence-electron chi connectivity index (χ0n) is 12.0. The average molecular weight is 297 g/mol. The number of nitrogens with two attached hydrogens (primary N) is 2. The Labute approximate surface area is 120 Å². The molecule has 0 amide bonds. The van der Waals surface area contributed by atoms with Crippen LogP contribution in [-0.4, -0.2) is 14.5 Å². The molecular formula is C14H23N3O2S. The van der Waals surface area contributed by atoms with E-state index < -0.39 is 10.0 Å². The fourth-order valence-corrected chi connectivity index (χ4v) is 3.70. The number of anilines is 2. The van der Waals surface area contributed by atoms with Crippen LogP contribution in [0.1, 0.15) is 33.1 Å². The third-order valence-corrected chi connectivity index (χ3v) is 5.25. The molecule has 1 fully saturated rings. The van der Waals surface area contributed by atoms with E-state index >= 15 is 0 Å². The number of primary sulfonamides is 1. The van der Waals surface area contributed by atoms with Gasteiger partial charge in [0.05, 0.1) is 4.90 Å². The first kappa shape index (κ1) is 15.1. The van der Waals surface area contributed by atoms with Crippen molar-refractivity contribution in [2.45, 2.75) is 44.0 Å². The molecule has 0 aliphatic heterocycles. The molecule has 3 unspecified atom stereocenters. The maximum atomic E-state index is 11.4. The van der Waals surface area contributed by atoms with Crippen LogP contribution in [0.2, 0.25) is 0 Å². The van der Waals surface area contributed by atoms with E-state index in [0.29, 0.717) is 17.6 Å². The van der Waals surface area contributed by atoms with Crippen LogP contribution in [0, 0.1) is 11.8 Å². The summed E-state index contributed by atoms with van der Waals surface area (Å²) < 4.78 is 22.9. The van der Waals surface area contributed by atoms with Crippen molar-refractivity contribution in [1.82, 2.24) is 0 Å². The van der Waals surface area contributed by atoms with E-state index in [9.17, 15) is 8.42 Å². The van der Waals surface area contributed by atoms with E-state index in [2.05, 4.69) is 19.2 Å². The summed E-state index contributed by atoms with van der Waals surface area (Å²) in [6.45, 7) is 4.45. The van der Waals surface area contributed by atoms with Crippen molar-refractivity contribution < 1.29 is 8.42 Å². The maximum absolute atomic E-state index is 11.4. The van der Waals surface area contributed by atoms with Crippen molar-refractivity contribution >= 4 is 21.4 Å². The first-order valence-corrected chi connectivity index (χ1v) is 8.55. The molecule has 1 saturated carbocycles. The highest BCUT2D eigenvalue weighted by Gasteiger charge is 2.31. The SMILES string of the molecule is CCC1CCC(Nc2cc(N)cc(S(N)(=O)=O)c2)C1C. The van der Waals surface area contributed by atoms with Gasteiger partial charge in [-0.05, 0) is 42.9 Å². The molecule has 0 saturated heterocycles. The van der Waals surface area contributed by atoms with Gasteiger partial charge in [0, 0.05) is 17.4 Å². The van der Waals surface area contributed by atoms with Crippen LogP contribution in [0.5, 0.6) is 0 Å². The summed E-state index contributed by atoms with van der Waals surface area (Å²) in [6, 6.07) is 5.04. The van der Waals surface area contributed by atoms with E-state index in [0.717, 1.165) is 18.0 Å². The van der Waals surface area contributed by atoms with Crippen LogP contribution in [0.25, 0.3) is 0 Å². The van der Waals surface area contributed by atoms with E-state index in [1.807, 2.05) is 0 Å². The van der Waals surface area contributed by atoms with E-state index in [1.54, 1.807) is 12.1 Å². The number of nitrogen functional groups attached to an aromatic ring is 1. The minimum absolute atomic E-state index is 0.0534. The number of hydrogen-bond donors (Lipinski definition) is 3. The van der Waals surface area contributed by atoms with E-state index in [1.165, 1.54) is 18.9 Å². The summed E-state index contributed by atoms with van der Waals surface area (Å²) in [5.74, 6) is 1.30. The molecule has 0 spiro atoms. The molecule has 0 radical (unpaired) electrons. The predicted octanol–water partition coefficient (Wildman–Crippen LogP) is 2.15. The second kappa shape index (κ2) is 5.61. The summed E-state index contributed by atoms with van der Waals surface area (Å²) in [7, 11) is -3.73. The minimum atomic E-state index is -3.73. The summed E-state index contributed by atoms with van der Waals surface area (Å²) >= 11 is 0. The molecule has 112 valence electrons. The predicted molar refractivity (Wildman–Crippen MR) is 81.8 cm³/mol. The minimum Gasteiger partial charge on any atom is -0.399 e. The molecule has 1 aliphatic rings. The van der Waals surface area contributed by atoms with Crippen molar-refractivity contribution in [3.63, 3.8) is 0 Å². The maximum Gasteiger partial charge on any atom is 0.238 e. The van der Waals surface area contributed by atoms with Crippen LogP contribution < -0.4 is 16.2 Å².